The molecule has 0 radical (unpaired) electrons. The maximum absolute atomic E-state index is 9.85. The molecule has 3 aromatic rings. The van der Waals surface area contributed by atoms with E-state index in [0.717, 1.165) is 21.2 Å². The van der Waals surface area contributed by atoms with Gasteiger partial charge in [-0.25, -0.2) is 4.98 Å². The van der Waals surface area contributed by atoms with Crippen LogP contribution >= 0.6 is 11.3 Å². The molecule has 0 bridgehead atoms. The first-order chi connectivity index (χ1) is 9.20. The van der Waals surface area contributed by atoms with E-state index in [1.165, 1.54) is 11.3 Å². The average Bonchev–Trinajstić information content (AvgIpc) is 3.04. The Kier molecular flexibility index (Phi) is 2.58. The van der Waals surface area contributed by atoms with E-state index < -0.39 is 0 Å². The summed E-state index contributed by atoms with van der Waals surface area (Å²) in [5, 5.41) is 21.9. The van der Waals surface area contributed by atoms with Crippen molar-refractivity contribution in [2.75, 3.05) is 0 Å². The minimum absolute atomic E-state index is 0.383. The van der Waals surface area contributed by atoms with E-state index in [4.69, 9.17) is 5.26 Å². The molecule has 0 spiro atoms. The number of para-hydroxylation sites is 1. The van der Waals surface area contributed by atoms with Crippen molar-refractivity contribution in [3.05, 3.63) is 58.7 Å². The quantitative estimate of drug-likeness (QED) is 0.725. The SMILES string of the molecule is C=C(c1nc(C#N)cs1)c1cn(O)c2ccccc12. The molecule has 0 amide bonds. The summed E-state index contributed by atoms with van der Waals surface area (Å²) in [6, 6.07) is 9.51. The second kappa shape index (κ2) is 4.26. The van der Waals surface area contributed by atoms with Gasteiger partial charge in [0.15, 0.2) is 5.69 Å². The third kappa shape index (κ3) is 1.79. The molecule has 5 heteroatoms. The lowest BCUT2D eigenvalue weighted by molar-refractivity contribution is 0.200. The zero-order valence-corrected chi connectivity index (χ0v) is 10.7. The number of hydrogen-bond acceptors (Lipinski definition) is 4. The van der Waals surface area contributed by atoms with Crippen LogP contribution in [0.3, 0.4) is 0 Å². The average molecular weight is 267 g/mol. The zero-order chi connectivity index (χ0) is 13.4. The molecule has 4 nitrogen and oxygen atoms in total. The third-order valence-corrected chi connectivity index (χ3v) is 3.80. The van der Waals surface area contributed by atoms with Crippen LogP contribution in [0, 0.1) is 11.3 Å². The minimum atomic E-state index is 0.383. The summed E-state index contributed by atoms with van der Waals surface area (Å²) in [6.45, 7) is 4.02. The molecule has 1 N–H and O–H groups in total. The summed E-state index contributed by atoms with van der Waals surface area (Å²) in [5.74, 6) is 0. The van der Waals surface area contributed by atoms with Gasteiger partial charge in [0, 0.05) is 21.9 Å². The first-order valence-corrected chi connectivity index (χ1v) is 6.43. The number of benzene rings is 1. The van der Waals surface area contributed by atoms with E-state index in [2.05, 4.69) is 11.6 Å². The van der Waals surface area contributed by atoms with Crippen LogP contribution in [-0.4, -0.2) is 14.9 Å². The molecular formula is C14H9N3OS. The standard InChI is InChI=1S/C14H9N3OS/c1-9(14-16-10(6-15)8-19-14)12-7-17(18)13-5-3-2-4-11(12)13/h2-5,7-8,18H,1H2. The maximum Gasteiger partial charge on any atom is 0.152 e. The predicted octanol–water partition coefficient (Wildman–Crippen LogP) is 3.27. The van der Waals surface area contributed by atoms with Gasteiger partial charge >= 0.3 is 0 Å². The van der Waals surface area contributed by atoms with Crippen molar-refractivity contribution in [3.8, 4) is 6.07 Å². The molecule has 19 heavy (non-hydrogen) atoms. The fraction of sp³-hybridized carbons (Fsp3) is 0. The highest BCUT2D eigenvalue weighted by Gasteiger charge is 2.14. The van der Waals surface area contributed by atoms with Crippen molar-refractivity contribution >= 4 is 27.8 Å². The lowest BCUT2D eigenvalue weighted by Crippen LogP contribution is -1.86. The smallest absolute Gasteiger partial charge is 0.152 e. The molecule has 0 atom stereocenters. The summed E-state index contributed by atoms with van der Waals surface area (Å²) >= 11 is 1.37. The Hall–Kier alpha value is -2.58. The predicted molar refractivity (Wildman–Crippen MR) is 74.1 cm³/mol. The van der Waals surface area contributed by atoms with Crippen LogP contribution in [0.5, 0.6) is 0 Å². The molecule has 0 fully saturated rings. The van der Waals surface area contributed by atoms with E-state index >= 15 is 0 Å². The monoisotopic (exact) mass is 267 g/mol. The molecule has 2 aromatic heterocycles. The largest absolute Gasteiger partial charge is 0.428 e. The molecule has 0 aliphatic carbocycles. The van der Waals surface area contributed by atoms with Crippen LogP contribution in [0.2, 0.25) is 0 Å². The molecular weight excluding hydrogens is 258 g/mol. The highest BCUT2D eigenvalue weighted by atomic mass is 32.1. The molecule has 0 aliphatic rings. The van der Waals surface area contributed by atoms with Crippen molar-refractivity contribution in [1.82, 2.24) is 9.71 Å². The van der Waals surface area contributed by atoms with Gasteiger partial charge in [0.25, 0.3) is 0 Å². The van der Waals surface area contributed by atoms with E-state index in [0.29, 0.717) is 16.3 Å². The number of rotatable bonds is 2. The van der Waals surface area contributed by atoms with E-state index in [9.17, 15) is 5.21 Å². The zero-order valence-electron chi connectivity index (χ0n) is 9.87. The molecule has 0 unspecified atom stereocenters. The summed E-state index contributed by atoms with van der Waals surface area (Å²) < 4.78 is 1.08. The molecule has 0 saturated carbocycles. The van der Waals surface area contributed by atoms with Gasteiger partial charge in [-0.2, -0.15) is 9.99 Å². The van der Waals surface area contributed by atoms with Crippen LogP contribution in [0.4, 0.5) is 0 Å². The van der Waals surface area contributed by atoms with Gasteiger partial charge in [0.2, 0.25) is 0 Å². The Labute approximate surface area is 113 Å². The fourth-order valence-electron chi connectivity index (χ4n) is 1.98. The van der Waals surface area contributed by atoms with Crippen LogP contribution in [0.1, 0.15) is 16.3 Å². The second-order valence-corrected chi connectivity index (χ2v) is 4.89. The van der Waals surface area contributed by atoms with Gasteiger partial charge in [-0.3, -0.25) is 0 Å². The first kappa shape index (κ1) is 11.5. The van der Waals surface area contributed by atoms with Crippen LogP contribution < -0.4 is 0 Å². The number of aromatic nitrogens is 2. The Morgan fingerprint density at radius 2 is 2.21 bits per heavy atom. The lowest BCUT2D eigenvalue weighted by Gasteiger charge is -1.99. The lowest BCUT2D eigenvalue weighted by atomic mass is 10.1. The minimum Gasteiger partial charge on any atom is -0.428 e. The van der Waals surface area contributed by atoms with Crippen LogP contribution in [0.15, 0.2) is 42.4 Å². The summed E-state index contributed by atoms with van der Waals surface area (Å²) in [4.78, 5) is 4.19. The van der Waals surface area contributed by atoms with Gasteiger partial charge in [0.05, 0.1) is 11.7 Å². The van der Waals surface area contributed by atoms with Crippen LogP contribution in [-0.2, 0) is 0 Å². The maximum atomic E-state index is 9.85. The van der Waals surface area contributed by atoms with Crippen molar-refractivity contribution < 1.29 is 5.21 Å². The Bertz CT molecular complexity index is 823. The van der Waals surface area contributed by atoms with Gasteiger partial charge in [-0.05, 0) is 6.07 Å². The summed E-state index contributed by atoms with van der Waals surface area (Å²) in [6.07, 6.45) is 1.61. The Morgan fingerprint density at radius 1 is 1.42 bits per heavy atom. The Morgan fingerprint density at radius 3 is 2.95 bits per heavy atom. The number of nitriles is 1. The number of hydrogen-bond donors (Lipinski definition) is 1. The third-order valence-electron chi connectivity index (χ3n) is 2.89. The van der Waals surface area contributed by atoms with Gasteiger partial charge in [-0.15, -0.1) is 11.3 Å². The fourth-order valence-corrected chi connectivity index (χ4v) is 2.71. The van der Waals surface area contributed by atoms with Crippen molar-refractivity contribution in [2.45, 2.75) is 0 Å². The highest BCUT2D eigenvalue weighted by molar-refractivity contribution is 7.11. The number of nitrogens with zero attached hydrogens (tertiary/aromatic N) is 3. The van der Waals surface area contributed by atoms with Crippen molar-refractivity contribution in [3.63, 3.8) is 0 Å². The summed E-state index contributed by atoms with van der Waals surface area (Å²) in [7, 11) is 0. The molecule has 1 aromatic carbocycles. The van der Waals surface area contributed by atoms with Crippen molar-refractivity contribution in [2.24, 2.45) is 0 Å². The topological polar surface area (TPSA) is 61.8 Å². The molecule has 3 rings (SSSR count). The molecule has 2 heterocycles. The molecule has 0 saturated heterocycles. The van der Waals surface area contributed by atoms with Gasteiger partial charge in [-0.1, -0.05) is 24.8 Å². The van der Waals surface area contributed by atoms with Crippen LogP contribution in [0.25, 0.3) is 16.5 Å². The normalized spacial score (nSPS) is 10.5. The first-order valence-electron chi connectivity index (χ1n) is 5.55. The Balaban J connectivity index is 2.14. The van der Waals surface area contributed by atoms with E-state index in [1.54, 1.807) is 11.6 Å². The number of thiazole rings is 1. The van der Waals surface area contributed by atoms with Gasteiger partial charge < -0.3 is 5.21 Å². The van der Waals surface area contributed by atoms with Gasteiger partial charge in [0.1, 0.15) is 11.1 Å². The van der Waals surface area contributed by atoms with E-state index in [1.807, 2.05) is 30.3 Å². The highest BCUT2D eigenvalue weighted by Crippen LogP contribution is 2.31. The van der Waals surface area contributed by atoms with E-state index in [-0.39, 0.29) is 0 Å². The summed E-state index contributed by atoms with van der Waals surface area (Å²) in [5.41, 5.74) is 2.62. The molecule has 0 aliphatic heterocycles. The molecule has 92 valence electrons. The van der Waals surface area contributed by atoms with Crippen molar-refractivity contribution in [1.29, 1.82) is 5.26 Å². The second-order valence-electron chi connectivity index (χ2n) is 4.03. The number of fused-ring (bicyclic) bond motifs is 1.